The van der Waals surface area contributed by atoms with Crippen LogP contribution in [-0.2, 0) is 0 Å². The molecule has 3 heterocycles. The normalized spacial score (nSPS) is 11.4. The van der Waals surface area contributed by atoms with Gasteiger partial charge in [-0.1, -0.05) is 34.1 Å². The van der Waals surface area contributed by atoms with Gasteiger partial charge in [-0.3, -0.25) is 4.57 Å². The monoisotopic (exact) mass is 390 g/mol. The number of nitrogens with zero attached hydrogens (tertiary/aromatic N) is 4. The quantitative estimate of drug-likeness (QED) is 0.425. The summed E-state index contributed by atoms with van der Waals surface area (Å²) in [6.07, 6.45) is 1.64. The molecular formula is C19H11BrN4O. The Hall–Kier alpha value is -2.99. The summed E-state index contributed by atoms with van der Waals surface area (Å²) in [7, 11) is 0. The minimum Gasteiger partial charge on any atom is -0.461 e. The van der Waals surface area contributed by atoms with Crippen LogP contribution in [0.4, 0.5) is 0 Å². The van der Waals surface area contributed by atoms with Crippen LogP contribution in [0.1, 0.15) is 0 Å². The second-order valence-electron chi connectivity index (χ2n) is 5.59. The molecule has 0 bridgehead atoms. The maximum absolute atomic E-state index is 5.59. The van der Waals surface area contributed by atoms with Gasteiger partial charge < -0.3 is 4.42 Å². The molecule has 5 rings (SSSR count). The number of hydrogen-bond donors (Lipinski definition) is 0. The maximum atomic E-state index is 5.59. The second-order valence-corrected chi connectivity index (χ2v) is 6.50. The first-order valence-electron chi connectivity index (χ1n) is 7.75. The number of para-hydroxylation sites is 2. The zero-order valence-electron chi connectivity index (χ0n) is 12.9. The molecule has 0 atom stereocenters. The number of hydrogen-bond acceptors (Lipinski definition) is 4. The fraction of sp³-hybridized carbons (Fsp3) is 0. The van der Waals surface area contributed by atoms with Crippen LogP contribution in [0.3, 0.4) is 0 Å². The van der Waals surface area contributed by atoms with Gasteiger partial charge in [0.1, 0.15) is 0 Å². The summed E-state index contributed by atoms with van der Waals surface area (Å²) >= 11 is 3.53. The van der Waals surface area contributed by atoms with Crippen LogP contribution in [0.5, 0.6) is 0 Å². The van der Waals surface area contributed by atoms with E-state index in [1.165, 1.54) is 0 Å². The average Bonchev–Trinajstić information content (AvgIpc) is 3.27. The van der Waals surface area contributed by atoms with Crippen LogP contribution in [0.25, 0.3) is 39.6 Å². The molecule has 120 valence electrons. The molecule has 0 aliphatic carbocycles. The highest BCUT2D eigenvalue weighted by Crippen LogP contribution is 2.29. The third-order valence-corrected chi connectivity index (χ3v) is 4.47. The summed E-state index contributed by atoms with van der Waals surface area (Å²) < 4.78 is 8.54. The van der Waals surface area contributed by atoms with Crippen molar-refractivity contribution >= 4 is 38.3 Å². The summed E-state index contributed by atoms with van der Waals surface area (Å²) in [5.41, 5.74) is 3.87. The van der Waals surface area contributed by atoms with Crippen molar-refractivity contribution in [2.45, 2.75) is 0 Å². The number of aromatic nitrogens is 4. The molecule has 0 saturated carbocycles. The molecule has 5 aromatic rings. The molecule has 0 N–H and O–H groups in total. The number of halogens is 1. The van der Waals surface area contributed by atoms with Gasteiger partial charge in [-0.2, -0.15) is 0 Å². The Balaban J connectivity index is 1.91. The molecule has 0 spiro atoms. The van der Waals surface area contributed by atoms with Gasteiger partial charge in [0.2, 0.25) is 0 Å². The lowest BCUT2D eigenvalue weighted by Crippen LogP contribution is -1.98. The van der Waals surface area contributed by atoms with Crippen molar-refractivity contribution in [1.29, 1.82) is 0 Å². The standard InChI is InChI=1S/C19H11BrN4O/c20-12-5-3-6-13(11-12)24-18(16-9-4-10-25-16)23-17-19(24)22-15-8-2-1-7-14(15)21-17/h1-11H. The van der Waals surface area contributed by atoms with Crippen molar-refractivity contribution in [2.24, 2.45) is 0 Å². The van der Waals surface area contributed by atoms with Gasteiger partial charge in [0.25, 0.3) is 0 Å². The first kappa shape index (κ1) is 14.4. The Morgan fingerprint density at radius 3 is 2.44 bits per heavy atom. The highest BCUT2D eigenvalue weighted by molar-refractivity contribution is 9.10. The Bertz CT molecular complexity index is 1210. The van der Waals surface area contributed by atoms with Crippen molar-refractivity contribution in [3.63, 3.8) is 0 Å². The molecule has 5 nitrogen and oxygen atoms in total. The molecular weight excluding hydrogens is 380 g/mol. The molecule has 6 heteroatoms. The van der Waals surface area contributed by atoms with Gasteiger partial charge in [-0.15, -0.1) is 0 Å². The molecule has 0 amide bonds. The molecule has 0 radical (unpaired) electrons. The Kier molecular flexibility index (Phi) is 3.18. The van der Waals surface area contributed by atoms with E-state index in [2.05, 4.69) is 20.9 Å². The minimum absolute atomic E-state index is 0.588. The number of fused-ring (bicyclic) bond motifs is 2. The Morgan fingerprint density at radius 2 is 1.68 bits per heavy atom. The van der Waals surface area contributed by atoms with E-state index in [-0.39, 0.29) is 0 Å². The van der Waals surface area contributed by atoms with Crippen LogP contribution in [0.15, 0.2) is 75.8 Å². The smallest absolute Gasteiger partial charge is 0.199 e. The predicted octanol–water partition coefficient (Wildman–Crippen LogP) is 4.99. The molecule has 0 aliphatic rings. The van der Waals surface area contributed by atoms with E-state index < -0.39 is 0 Å². The zero-order valence-corrected chi connectivity index (χ0v) is 14.5. The topological polar surface area (TPSA) is 56.7 Å². The maximum Gasteiger partial charge on any atom is 0.199 e. The second kappa shape index (κ2) is 5.53. The van der Waals surface area contributed by atoms with Crippen LogP contribution in [0, 0.1) is 0 Å². The Morgan fingerprint density at radius 1 is 0.840 bits per heavy atom. The van der Waals surface area contributed by atoms with Gasteiger partial charge in [0, 0.05) is 4.47 Å². The molecule has 0 aliphatic heterocycles. The van der Waals surface area contributed by atoms with Gasteiger partial charge >= 0.3 is 0 Å². The summed E-state index contributed by atoms with van der Waals surface area (Å²) in [6, 6.07) is 19.5. The molecule has 2 aromatic carbocycles. The van der Waals surface area contributed by atoms with Crippen LogP contribution < -0.4 is 0 Å². The third-order valence-electron chi connectivity index (χ3n) is 3.98. The zero-order chi connectivity index (χ0) is 16.8. The van der Waals surface area contributed by atoms with E-state index in [0.29, 0.717) is 22.9 Å². The number of furan rings is 1. The minimum atomic E-state index is 0.588. The van der Waals surface area contributed by atoms with E-state index in [9.17, 15) is 0 Å². The predicted molar refractivity (Wildman–Crippen MR) is 99.6 cm³/mol. The summed E-state index contributed by atoms with van der Waals surface area (Å²) in [5, 5.41) is 0. The number of imidazole rings is 1. The van der Waals surface area contributed by atoms with E-state index in [1.54, 1.807) is 6.26 Å². The average molecular weight is 391 g/mol. The van der Waals surface area contributed by atoms with E-state index >= 15 is 0 Å². The van der Waals surface area contributed by atoms with Crippen LogP contribution in [-0.4, -0.2) is 19.5 Å². The summed E-state index contributed by atoms with van der Waals surface area (Å²) in [5.74, 6) is 1.34. The lowest BCUT2D eigenvalue weighted by Gasteiger charge is -2.08. The van der Waals surface area contributed by atoms with Gasteiger partial charge in [0.05, 0.1) is 23.0 Å². The molecule has 25 heavy (non-hydrogen) atoms. The fourth-order valence-electron chi connectivity index (χ4n) is 2.89. The van der Waals surface area contributed by atoms with E-state index in [1.807, 2.05) is 65.2 Å². The van der Waals surface area contributed by atoms with Gasteiger partial charge in [-0.05, 0) is 42.5 Å². The number of benzene rings is 2. The lowest BCUT2D eigenvalue weighted by molar-refractivity contribution is 0.576. The van der Waals surface area contributed by atoms with Crippen LogP contribution in [0.2, 0.25) is 0 Å². The van der Waals surface area contributed by atoms with Crippen molar-refractivity contribution in [1.82, 2.24) is 19.5 Å². The van der Waals surface area contributed by atoms with Crippen molar-refractivity contribution in [3.05, 3.63) is 71.4 Å². The van der Waals surface area contributed by atoms with E-state index in [4.69, 9.17) is 14.4 Å². The SMILES string of the molecule is Brc1cccc(-n2c(-c3ccco3)nc3nc4ccccc4nc32)c1. The van der Waals surface area contributed by atoms with Crippen molar-refractivity contribution < 1.29 is 4.42 Å². The van der Waals surface area contributed by atoms with Crippen LogP contribution >= 0.6 is 15.9 Å². The van der Waals surface area contributed by atoms with Gasteiger partial charge in [-0.25, -0.2) is 15.0 Å². The van der Waals surface area contributed by atoms with E-state index in [0.717, 1.165) is 21.2 Å². The summed E-state index contributed by atoms with van der Waals surface area (Å²) in [4.78, 5) is 14.2. The Labute approximate surface area is 151 Å². The lowest BCUT2D eigenvalue weighted by atomic mass is 10.3. The first-order valence-corrected chi connectivity index (χ1v) is 8.54. The molecule has 0 fully saturated rings. The number of rotatable bonds is 2. The molecule has 0 unspecified atom stereocenters. The van der Waals surface area contributed by atoms with Gasteiger partial charge in [0.15, 0.2) is 22.9 Å². The highest BCUT2D eigenvalue weighted by atomic mass is 79.9. The van der Waals surface area contributed by atoms with Crippen molar-refractivity contribution in [2.75, 3.05) is 0 Å². The first-order chi connectivity index (χ1) is 12.3. The fourth-order valence-corrected chi connectivity index (χ4v) is 3.28. The molecule has 3 aromatic heterocycles. The summed E-state index contributed by atoms with van der Waals surface area (Å²) in [6.45, 7) is 0. The highest BCUT2D eigenvalue weighted by Gasteiger charge is 2.19. The largest absolute Gasteiger partial charge is 0.461 e. The van der Waals surface area contributed by atoms with Crippen molar-refractivity contribution in [3.8, 4) is 17.3 Å². The third kappa shape index (κ3) is 2.34. The molecule has 0 saturated heterocycles.